The van der Waals surface area contributed by atoms with Gasteiger partial charge in [-0.15, -0.1) is 0 Å². The van der Waals surface area contributed by atoms with Gasteiger partial charge in [-0.3, -0.25) is 9.59 Å². The molecule has 116 valence electrons. The molecule has 3 aromatic rings. The third-order valence-electron chi connectivity index (χ3n) is 3.79. The fourth-order valence-corrected chi connectivity index (χ4v) is 2.66. The minimum absolute atomic E-state index is 0.136. The number of carbonyl (C=O) groups excluding carboxylic acids is 2. The van der Waals surface area contributed by atoms with Gasteiger partial charge >= 0.3 is 0 Å². The molecule has 0 saturated heterocycles. The van der Waals surface area contributed by atoms with Crippen molar-refractivity contribution in [3.05, 3.63) is 76.9 Å². The molecule has 5 nitrogen and oxygen atoms in total. The van der Waals surface area contributed by atoms with Crippen molar-refractivity contribution in [3.63, 3.8) is 0 Å². The standard InChI is InChI=1S/C18H16N2O3/c1-23-15-6-2-12(3-7-15)18(16-8-4-13(10-21)19-16)17-9-5-14(11-22)20-17/h2-11,18-20H,1H3. The van der Waals surface area contributed by atoms with Crippen LogP contribution < -0.4 is 4.74 Å². The molecule has 2 N–H and O–H groups in total. The molecular formula is C18H16N2O3. The molecule has 0 bridgehead atoms. The lowest BCUT2D eigenvalue weighted by Gasteiger charge is -2.16. The Kier molecular flexibility index (Phi) is 4.10. The highest BCUT2D eigenvalue weighted by molar-refractivity contribution is 5.73. The van der Waals surface area contributed by atoms with E-state index in [4.69, 9.17) is 4.74 Å². The van der Waals surface area contributed by atoms with E-state index in [1.807, 2.05) is 36.4 Å². The summed E-state index contributed by atoms with van der Waals surface area (Å²) in [5.41, 5.74) is 3.79. The summed E-state index contributed by atoms with van der Waals surface area (Å²) in [4.78, 5) is 28.1. The minimum atomic E-state index is -0.136. The topological polar surface area (TPSA) is 75.0 Å². The molecule has 3 rings (SSSR count). The van der Waals surface area contributed by atoms with Crippen LogP contribution in [-0.2, 0) is 0 Å². The highest BCUT2D eigenvalue weighted by Gasteiger charge is 2.20. The lowest BCUT2D eigenvalue weighted by atomic mass is 9.92. The molecule has 0 radical (unpaired) electrons. The molecule has 5 heteroatoms. The van der Waals surface area contributed by atoms with Crippen LogP contribution in [0.1, 0.15) is 43.8 Å². The lowest BCUT2D eigenvalue weighted by Crippen LogP contribution is -2.05. The first-order valence-corrected chi connectivity index (χ1v) is 7.17. The predicted molar refractivity (Wildman–Crippen MR) is 86.3 cm³/mol. The molecule has 2 heterocycles. The van der Waals surface area contributed by atoms with Crippen LogP contribution in [0.15, 0.2) is 48.5 Å². The van der Waals surface area contributed by atoms with Gasteiger partial charge in [0.2, 0.25) is 0 Å². The first-order valence-electron chi connectivity index (χ1n) is 7.17. The van der Waals surface area contributed by atoms with E-state index in [2.05, 4.69) is 9.97 Å². The number of methoxy groups -OCH3 is 1. The zero-order chi connectivity index (χ0) is 16.2. The number of rotatable bonds is 6. The lowest BCUT2D eigenvalue weighted by molar-refractivity contribution is 0.111. The summed E-state index contributed by atoms with van der Waals surface area (Å²) < 4.78 is 5.20. The fourth-order valence-electron chi connectivity index (χ4n) is 2.66. The molecule has 1 aromatic carbocycles. The SMILES string of the molecule is COc1ccc(C(c2ccc(C=O)[nH]2)c2ccc(C=O)[nH]2)cc1. The van der Waals surface area contributed by atoms with Gasteiger partial charge in [0.1, 0.15) is 5.75 Å². The van der Waals surface area contributed by atoms with Crippen LogP contribution in [-0.4, -0.2) is 29.7 Å². The molecule has 23 heavy (non-hydrogen) atoms. The quantitative estimate of drug-likeness (QED) is 0.687. The third kappa shape index (κ3) is 2.94. The Bertz CT molecular complexity index is 769. The van der Waals surface area contributed by atoms with Crippen LogP contribution in [0.5, 0.6) is 5.75 Å². The maximum atomic E-state index is 10.9. The zero-order valence-electron chi connectivity index (χ0n) is 12.6. The summed E-state index contributed by atoms with van der Waals surface area (Å²) in [6.45, 7) is 0. The first kappa shape index (κ1) is 14.8. The summed E-state index contributed by atoms with van der Waals surface area (Å²) in [5, 5.41) is 0. The maximum Gasteiger partial charge on any atom is 0.166 e. The Labute approximate surface area is 133 Å². The number of H-pyrrole nitrogens is 2. The summed E-state index contributed by atoms with van der Waals surface area (Å²) in [5.74, 6) is 0.635. The van der Waals surface area contributed by atoms with Gasteiger partial charge in [0.15, 0.2) is 12.6 Å². The summed E-state index contributed by atoms with van der Waals surface area (Å²) in [6.07, 6.45) is 1.56. The molecule has 0 fully saturated rings. The number of benzene rings is 1. The summed E-state index contributed by atoms with van der Waals surface area (Å²) in [7, 11) is 1.62. The van der Waals surface area contributed by atoms with Gasteiger partial charge in [0, 0.05) is 11.4 Å². The largest absolute Gasteiger partial charge is 0.497 e. The Hall–Kier alpha value is -3.08. The number of aromatic nitrogens is 2. The number of ether oxygens (including phenoxy) is 1. The first-order chi connectivity index (χ1) is 11.2. The van der Waals surface area contributed by atoms with E-state index in [1.165, 1.54) is 0 Å². The highest BCUT2D eigenvalue weighted by atomic mass is 16.5. The van der Waals surface area contributed by atoms with Crippen LogP contribution >= 0.6 is 0 Å². The summed E-state index contributed by atoms with van der Waals surface area (Å²) in [6, 6.07) is 14.9. The molecule has 2 aromatic heterocycles. The van der Waals surface area contributed by atoms with Crippen LogP contribution in [0.3, 0.4) is 0 Å². The second-order valence-electron chi connectivity index (χ2n) is 5.18. The number of hydrogen-bond acceptors (Lipinski definition) is 3. The molecule has 0 aliphatic heterocycles. The van der Waals surface area contributed by atoms with Gasteiger partial charge in [-0.25, -0.2) is 0 Å². The van der Waals surface area contributed by atoms with E-state index in [9.17, 15) is 9.59 Å². The van der Waals surface area contributed by atoms with Crippen molar-refractivity contribution in [3.8, 4) is 5.75 Å². The van der Waals surface area contributed by atoms with E-state index >= 15 is 0 Å². The van der Waals surface area contributed by atoms with Crippen molar-refractivity contribution in [2.45, 2.75) is 5.92 Å². The van der Waals surface area contributed by atoms with Gasteiger partial charge in [-0.05, 0) is 42.0 Å². The number of nitrogens with one attached hydrogen (secondary N) is 2. The van der Waals surface area contributed by atoms with Gasteiger partial charge in [0.25, 0.3) is 0 Å². The molecule has 0 amide bonds. The average molecular weight is 308 g/mol. The minimum Gasteiger partial charge on any atom is -0.497 e. The van der Waals surface area contributed by atoms with Gasteiger partial charge < -0.3 is 14.7 Å². The third-order valence-corrected chi connectivity index (χ3v) is 3.79. The summed E-state index contributed by atoms with van der Waals surface area (Å²) >= 11 is 0. The van der Waals surface area contributed by atoms with Crippen LogP contribution in [0, 0.1) is 0 Å². The smallest absolute Gasteiger partial charge is 0.166 e. The van der Waals surface area contributed by atoms with Crippen molar-refractivity contribution in [1.29, 1.82) is 0 Å². The van der Waals surface area contributed by atoms with Crippen molar-refractivity contribution >= 4 is 12.6 Å². The fraction of sp³-hybridized carbons (Fsp3) is 0.111. The number of hydrogen-bond donors (Lipinski definition) is 2. The van der Waals surface area contributed by atoms with Gasteiger partial charge in [0.05, 0.1) is 24.4 Å². The number of carbonyl (C=O) groups is 2. The van der Waals surface area contributed by atoms with E-state index in [0.29, 0.717) is 11.4 Å². The number of aldehydes is 2. The Balaban J connectivity index is 2.07. The normalized spacial score (nSPS) is 10.7. The maximum absolute atomic E-state index is 10.9. The van der Waals surface area contributed by atoms with E-state index < -0.39 is 0 Å². The second-order valence-corrected chi connectivity index (χ2v) is 5.18. The van der Waals surface area contributed by atoms with Crippen LogP contribution in [0.4, 0.5) is 0 Å². The molecule has 0 aliphatic carbocycles. The van der Waals surface area contributed by atoms with Crippen LogP contribution in [0.25, 0.3) is 0 Å². The van der Waals surface area contributed by atoms with E-state index in [1.54, 1.807) is 19.2 Å². The Morgan fingerprint density at radius 1 is 0.826 bits per heavy atom. The average Bonchev–Trinajstić information content (AvgIpc) is 3.25. The van der Waals surface area contributed by atoms with E-state index in [-0.39, 0.29) is 5.92 Å². The van der Waals surface area contributed by atoms with E-state index in [0.717, 1.165) is 35.3 Å². The molecule has 0 aliphatic rings. The van der Waals surface area contributed by atoms with Crippen molar-refractivity contribution in [1.82, 2.24) is 9.97 Å². The van der Waals surface area contributed by atoms with Crippen molar-refractivity contribution in [2.24, 2.45) is 0 Å². The predicted octanol–water partition coefficient (Wildman–Crippen LogP) is 3.16. The van der Waals surface area contributed by atoms with Crippen molar-refractivity contribution < 1.29 is 14.3 Å². The van der Waals surface area contributed by atoms with Crippen LogP contribution in [0.2, 0.25) is 0 Å². The van der Waals surface area contributed by atoms with Crippen molar-refractivity contribution in [2.75, 3.05) is 7.11 Å². The molecule has 0 unspecified atom stereocenters. The van der Waals surface area contributed by atoms with Gasteiger partial charge in [-0.1, -0.05) is 12.1 Å². The Morgan fingerprint density at radius 2 is 1.35 bits per heavy atom. The molecule has 0 atom stereocenters. The molecule has 0 saturated carbocycles. The molecular weight excluding hydrogens is 292 g/mol. The van der Waals surface area contributed by atoms with Gasteiger partial charge in [-0.2, -0.15) is 0 Å². The Morgan fingerprint density at radius 3 is 1.74 bits per heavy atom. The zero-order valence-corrected chi connectivity index (χ0v) is 12.6. The monoisotopic (exact) mass is 308 g/mol. The number of aromatic amines is 2. The second kappa shape index (κ2) is 6.36. The highest BCUT2D eigenvalue weighted by Crippen LogP contribution is 2.31. The molecule has 0 spiro atoms.